The first-order valence-electron chi connectivity index (χ1n) is 4.62. The van der Waals surface area contributed by atoms with Crippen LogP contribution in [-0.2, 0) is 0 Å². The van der Waals surface area contributed by atoms with Crippen molar-refractivity contribution in [3.63, 3.8) is 0 Å². The zero-order chi connectivity index (χ0) is 8.27. The molecule has 0 aromatic heterocycles. The molecule has 1 unspecified atom stereocenters. The molecule has 0 aromatic rings. The third-order valence-electron chi connectivity index (χ3n) is 2.58. The maximum Gasteiger partial charge on any atom is 0.0667 e. The Hall–Kier alpha value is -0.0800. The average molecular weight is 157 g/mol. The van der Waals surface area contributed by atoms with Gasteiger partial charge in [-0.1, -0.05) is 13.3 Å². The first kappa shape index (κ1) is 9.01. The van der Waals surface area contributed by atoms with Crippen LogP contribution in [0.2, 0.25) is 0 Å². The molecule has 0 radical (unpaired) electrons. The van der Waals surface area contributed by atoms with Crippen LogP contribution in [0.25, 0.3) is 0 Å². The minimum absolute atomic E-state index is 0.0758. The van der Waals surface area contributed by atoms with Crippen LogP contribution in [-0.4, -0.2) is 35.7 Å². The lowest BCUT2D eigenvalue weighted by atomic mass is 9.97. The van der Waals surface area contributed by atoms with Crippen LogP contribution in [0.15, 0.2) is 0 Å². The minimum atomic E-state index is -0.0758. The van der Waals surface area contributed by atoms with Crippen molar-refractivity contribution in [3.8, 4) is 0 Å². The van der Waals surface area contributed by atoms with Crippen molar-refractivity contribution >= 4 is 0 Å². The van der Waals surface area contributed by atoms with E-state index in [1.807, 2.05) is 0 Å². The normalized spacial score (nSPS) is 34.1. The molecule has 11 heavy (non-hydrogen) atoms. The number of likely N-dealkylation sites (tertiary alicyclic amines) is 1. The van der Waals surface area contributed by atoms with Gasteiger partial charge in [0.05, 0.1) is 6.10 Å². The fourth-order valence-electron chi connectivity index (χ4n) is 1.88. The molecule has 1 fully saturated rings. The third-order valence-corrected chi connectivity index (χ3v) is 2.58. The van der Waals surface area contributed by atoms with E-state index in [4.69, 9.17) is 0 Å². The minimum Gasteiger partial charge on any atom is -0.392 e. The van der Waals surface area contributed by atoms with E-state index in [9.17, 15) is 5.11 Å². The number of rotatable bonds is 2. The molecule has 0 spiro atoms. The predicted octanol–water partition coefficient (Wildman–Crippen LogP) is 1.24. The topological polar surface area (TPSA) is 23.5 Å². The average Bonchev–Trinajstić information content (AvgIpc) is 1.95. The molecule has 0 bridgehead atoms. The smallest absolute Gasteiger partial charge is 0.0667 e. The van der Waals surface area contributed by atoms with Gasteiger partial charge in [0.15, 0.2) is 0 Å². The standard InChI is InChI=1S/C9H19NO/c1-3-4-8-5-6-9(11)7-10(8)2/h8-9,11H,3-7H2,1-2H3/t8-,9?/m0/s1. The summed E-state index contributed by atoms with van der Waals surface area (Å²) in [6.45, 7) is 3.09. The molecule has 66 valence electrons. The van der Waals surface area contributed by atoms with Crippen LogP contribution in [0.3, 0.4) is 0 Å². The monoisotopic (exact) mass is 157 g/mol. The number of hydrogen-bond donors (Lipinski definition) is 1. The summed E-state index contributed by atoms with van der Waals surface area (Å²) >= 11 is 0. The highest BCUT2D eigenvalue weighted by atomic mass is 16.3. The molecule has 0 saturated carbocycles. The summed E-state index contributed by atoms with van der Waals surface area (Å²) in [6, 6.07) is 0.725. The van der Waals surface area contributed by atoms with Gasteiger partial charge < -0.3 is 10.0 Å². The second kappa shape index (κ2) is 4.07. The molecule has 2 heteroatoms. The molecule has 0 aliphatic carbocycles. The fourth-order valence-corrected chi connectivity index (χ4v) is 1.88. The molecule has 1 rings (SSSR count). The molecular weight excluding hydrogens is 138 g/mol. The van der Waals surface area contributed by atoms with Crippen LogP contribution in [0, 0.1) is 0 Å². The SMILES string of the molecule is CCC[C@H]1CCC(O)CN1C. The molecule has 1 saturated heterocycles. The Morgan fingerprint density at radius 2 is 2.18 bits per heavy atom. The highest BCUT2D eigenvalue weighted by molar-refractivity contribution is 4.78. The van der Waals surface area contributed by atoms with Gasteiger partial charge in [-0.25, -0.2) is 0 Å². The quantitative estimate of drug-likeness (QED) is 0.652. The Labute approximate surface area is 69.2 Å². The van der Waals surface area contributed by atoms with Gasteiger partial charge in [-0.15, -0.1) is 0 Å². The molecule has 1 N–H and O–H groups in total. The lowest BCUT2D eigenvalue weighted by Crippen LogP contribution is -2.42. The van der Waals surface area contributed by atoms with E-state index in [-0.39, 0.29) is 6.10 Å². The zero-order valence-corrected chi connectivity index (χ0v) is 7.58. The summed E-state index contributed by atoms with van der Waals surface area (Å²) in [4.78, 5) is 2.29. The van der Waals surface area contributed by atoms with Gasteiger partial charge in [-0.3, -0.25) is 0 Å². The second-order valence-corrected chi connectivity index (χ2v) is 3.61. The lowest BCUT2D eigenvalue weighted by Gasteiger charge is -2.35. The first-order chi connectivity index (χ1) is 5.24. The van der Waals surface area contributed by atoms with Crippen LogP contribution in [0.5, 0.6) is 0 Å². The summed E-state index contributed by atoms with van der Waals surface area (Å²) in [7, 11) is 2.11. The lowest BCUT2D eigenvalue weighted by molar-refractivity contribution is 0.0481. The van der Waals surface area contributed by atoms with Crippen LogP contribution >= 0.6 is 0 Å². The molecule has 2 nitrogen and oxygen atoms in total. The third kappa shape index (κ3) is 2.46. The van der Waals surface area contributed by atoms with E-state index in [1.54, 1.807) is 0 Å². The largest absolute Gasteiger partial charge is 0.392 e. The summed E-state index contributed by atoms with van der Waals surface area (Å²) in [5.41, 5.74) is 0. The first-order valence-corrected chi connectivity index (χ1v) is 4.62. The highest BCUT2D eigenvalue weighted by Gasteiger charge is 2.22. The zero-order valence-electron chi connectivity index (χ0n) is 7.58. The molecule has 2 atom stereocenters. The Kier molecular flexibility index (Phi) is 3.34. The fraction of sp³-hybridized carbons (Fsp3) is 1.00. The molecular formula is C9H19NO. The molecule has 1 aliphatic heterocycles. The van der Waals surface area contributed by atoms with Crippen LogP contribution in [0.1, 0.15) is 32.6 Å². The molecule has 1 aliphatic rings. The van der Waals surface area contributed by atoms with Gasteiger partial charge in [-0.05, 0) is 26.3 Å². The number of hydrogen-bond acceptors (Lipinski definition) is 2. The predicted molar refractivity (Wildman–Crippen MR) is 46.6 cm³/mol. The summed E-state index contributed by atoms with van der Waals surface area (Å²) in [6.07, 6.45) is 4.63. The van der Waals surface area contributed by atoms with Crippen molar-refractivity contribution in [2.45, 2.75) is 44.8 Å². The highest BCUT2D eigenvalue weighted by Crippen LogP contribution is 2.18. The van der Waals surface area contributed by atoms with Gasteiger partial charge >= 0.3 is 0 Å². The maximum absolute atomic E-state index is 9.32. The van der Waals surface area contributed by atoms with Gasteiger partial charge in [0, 0.05) is 12.6 Å². The van der Waals surface area contributed by atoms with E-state index in [0.29, 0.717) is 0 Å². The van der Waals surface area contributed by atoms with Gasteiger partial charge in [0.2, 0.25) is 0 Å². The van der Waals surface area contributed by atoms with Gasteiger partial charge in [0.25, 0.3) is 0 Å². The summed E-state index contributed by atoms with van der Waals surface area (Å²) < 4.78 is 0. The summed E-state index contributed by atoms with van der Waals surface area (Å²) in [5.74, 6) is 0. The van der Waals surface area contributed by atoms with Crippen molar-refractivity contribution < 1.29 is 5.11 Å². The number of β-amino-alcohol motifs (C(OH)–C–C–N with tert-alkyl or cyclic N) is 1. The van der Waals surface area contributed by atoms with Crippen molar-refractivity contribution in [3.05, 3.63) is 0 Å². The molecule has 0 aromatic carbocycles. The Morgan fingerprint density at radius 1 is 1.45 bits per heavy atom. The van der Waals surface area contributed by atoms with Crippen molar-refractivity contribution in [1.29, 1.82) is 0 Å². The van der Waals surface area contributed by atoms with Crippen LogP contribution < -0.4 is 0 Å². The van der Waals surface area contributed by atoms with Crippen molar-refractivity contribution in [2.24, 2.45) is 0 Å². The van der Waals surface area contributed by atoms with Gasteiger partial charge in [-0.2, -0.15) is 0 Å². The van der Waals surface area contributed by atoms with Crippen molar-refractivity contribution in [2.75, 3.05) is 13.6 Å². The number of aliphatic hydroxyl groups excluding tert-OH is 1. The Balaban J connectivity index is 2.31. The van der Waals surface area contributed by atoms with E-state index < -0.39 is 0 Å². The molecule has 1 heterocycles. The molecule has 0 amide bonds. The Bertz CT molecular complexity index is 116. The second-order valence-electron chi connectivity index (χ2n) is 3.61. The van der Waals surface area contributed by atoms with E-state index >= 15 is 0 Å². The van der Waals surface area contributed by atoms with Gasteiger partial charge in [0.1, 0.15) is 0 Å². The van der Waals surface area contributed by atoms with E-state index in [0.717, 1.165) is 19.0 Å². The van der Waals surface area contributed by atoms with E-state index in [1.165, 1.54) is 19.3 Å². The number of piperidine rings is 1. The van der Waals surface area contributed by atoms with Crippen molar-refractivity contribution in [1.82, 2.24) is 4.90 Å². The maximum atomic E-state index is 9.32. The Morgan fingerprint density at radius 3 is 2.73 bits per heavy atom. The van der Waals surface area contributed by atoms with E-state index in [2.05, 4.69) is 18.9 Å². The number of likely N-dealkylation sites (N-methyl/N-ethyl adjacent to an activating group) is 1. The van der Waals surface area contributed by atoms with Crippen LogP contribution in [0.4, 0.5) is 0 Å². The summed E-state index contributed by atoms with van der Waals surface area (Å²) in [5, 5.41) is 9.32. The number of aliphatic hydroxyl groups is 1. The number of nitrogens with zero attached hydrogens (tertiary/aromatic N) is 1.